The number of carbonyl (C=O) groups is 3. The van der Waals surface area contributed by atoms with Crippen molar-refractivity contribution in [2.24, 2.45) is 5.92 Å². The first-order valence-corrected chi connectivity index (χ1v) is 8.85. The fraction of sp³-hybridized carbons (Fsp3) is 0.526. The van der Waals surface area contributed by atoms with E-state index < -0.39 is 11.6 Å². The van der Waals surface area contributed by atoms with Gasteiger partial charge >= 0.3 is 6.03 Å². The van der Waals surface area contributed by atoms with Crippen molar-refractivity contribution in [3.63, 3.8) is 0 Å². The van der Waals surface area contributed by atoms with E-state index in [0.29, 0.717) is 12.1 Å². The molecule has 25 heavy (non-hydrogen) atoms. The van der Waals surface area contributed by atoms with Gasteiger partial charge in [-0.2, -0.15) is 0 Å². The van der Waals surface area contributed by atoms with Crippen LogP contribution in [-0.2, 0) is 9.59 Å². The Hall–Kier alpha value is -2.37. The highest BCUT2D eigenvalue weighted by Crippen LogP contribution is 2.38. The molecule has 1 aromatic carbocycles. The lowest BCUT2D eigenvalue weighted by Gasteiger charge is -2.36. The summed E-state index contributed by atoms with van der Waals surface area (Å²) < 4.78 is 0. The maximum atomic E-state index is 12.9. The van der Waals surface area contributed by atoms with Crippen LogP contribution in [0, 0.1) is 19.8 Å². The van der Waals surface area contributed by atoms with Gasteiger partial charge in [-0.15, -0.1) is 0 Å². The Balaban J connectivity index is 1.71. The Morgan fingerprint density at radius 2 is 2.08 bits per heavy atom. The normalized spacial score (nSPS) is 26.0. The molecule has 134 valence electrons. The summed E-state index contributed by atoms with van der Waals surface area (Å²) in [5, 5.41) is 5.66. The van der Waals surface area contributed by atoms with Crippen LogP contribution in [0.3, 0.4) is 0 Å². The number of imide groups is 1. The quantitative estimate of drug-likeness (QED) is 0.828. The second kappa shape index (κ2) is 6.50. The van der Waals surface area contributed by atoms with Gasteiger partial charge in [-0.25, -0.2) is 4.79 Å². The second-order valence-electron chi connectivity index (χ2n) is 7.31. The van der Waals surface area contributed by atoms with Crippen LogP contribution in [0.1, 0.15) is 43.7 Å². The molecule has 0 radical (unpaired) electrons. The number of carbonyl (C=O) groups excluding carboxylic acids is 3. The Labute approximate surface area is 148 Å². The Bertz CT molecular complexity index is 731. The monoisotopic (exact) mass is 343 g/mol. The Morgan fingerprint density at radius 3 is 2.76 bits per heavy atom. The summed E-state index contributed by atoms with van der Waals surface area (Å²) in [4.78, 5) is 38.6. The van der Waals surface area contributed by atoms with Crippen LogP contribution in [0.5, 0.6) is 0 Å². The standard InChI is InChI=1S/C19H25N3O3/c1-12-7-8-15(13(2)10-12)20-16(23)11-22-17(24)19(21-18(22)25)9-5-4-6-14(19)3/h7-8,10,14H,4-6,9,11H2,1-3H3,(H,20,23)(H,21,25)/t14-,19+/m0/s1. The third-order valence-corrected chi connectivity index (χ3v) is 5.46. The lowest BCUT2D eigenvalue weighted by molar-refractivity contribution is -0.136. The van der Waals surface area contributed by atoms with Crippen molar-refractivity contribution in [1.82, 2.24) is 10.2 Å². The number of nitrogens with zero attached hydrogens (tertiary/aromatic N) is 1. The smallest absolute Gasteiger partial charge is 0.324 e. The number of urea groups is 1. The molecule has 2 N–H and O–H groups in total. The van der Waals surface area contributed by atoms with Gasteiger partial charge < -0.3 is 10.6 Å². The van der Waals surface area contributed by atoms with Crippen LogP contribution in [0.4, 0.5) is 10.5 Å². The number of amides is 4. The molecule has 0 unspecified atom stereocenters. The zero-order valence-corrected chi connectivity index (χ0v) is 15.0. The van der Waals surface area contributed by atoms with Crippen LogP contribution in [0.25, 0.3) is 0 Å². The number of nitrogens with one attached hydrogen (secondary N) is 2. The van der Waals surface area contributed by atoms with Crippen molar-refractivity contribution < 1.29 is 14.4 Å². The molecule has 6 heteroatoms. The molecule has 1 heterocycles. The van der Waals surface area contributed by atoms with Gasteiger partial charge in [-0.05, 0) is 44.2 Å². The Kier molecular flexibility index (Phi) is 4.54. The number of benzene rings is 1. The predicted octanol–water partition coefficient (Wildman–Crippen LogP) is 2.74. The van der Waals surface area contributed by atoms with Gasteiger partial charge in [0.1, 0.15) is 12.1 Å². The SMILES string of the molecule is Cc1ccc(NC(=O)CN2C(=O)N[C@@]3(CCCC[C@@H]3C)C2=O)c(C)c1. The van der Waals surface area contributed by atoms with Crippen LogP contribution in [0.15, 0.2) is 18.2 Å². The molecular formula is C19H25N3O3. The largest absolute Gasteiger partial charge is 0.325 e. The van der Waals surface area contributed by atoms with E-state index >= 15 is 0 Å². The second-order valence-corrected chi connectivity index (χ2v) is 7.31. The first-order valence-electron chi connectivity index (χ1n) is 8.85. The Morgan fingerprint density at radius 1 is 1.32 bits per heavy atom. The summed E-state index contributed by atoms with van der Waals surface area (Å²) >= 11 is 0. The molecule has 0 aromatic heterocycles. The first kappa shape index (κ1) is 17.5. The lowest BCUT2D eigenvalue weighted by atomic mass is 9.73. The molecule has 2 aliphatic rings. The first-order chi connectivity index (χ1) is 11.8. The van der Waals surface area contributed by atoms with Gasteiger partial charge in [0.15, 0.2) is 0 Å². The minimum absolute atomic E-state index is 0.0881. The van der Waals surface area contributed by atoms with E-state index in [2.05, 4.69) is 10.6 Å². The van der Waals surface area contributed by atoms with Gasteiger partial charge in [0, 0.05) is 5.69 Å². The molecule has 1 aromatic rings. The maximum absolute atomic E-state index is 12.9. The fourth-order valence-corrected chi connectivity index (χ4v) is 3.93. The minimum atomic E-state index is -0.824. The van der Waals surface area contributed by atoms with E-state index in [1.807, 2.05) is 39.0 Å². The number of hydrogen-bond donors (Lipinski definition) is 2. The molecule has 6 nitrogen and oxygen atoms in total. The van der Waals surface area contributed by atoms with Crippen LogP contribution in [0.2, 0.25) is 0 Å². The van der Waals surface area contributed by atoms with Gasteiger partial charge in [0.05, 0.1) is 0 Å². The number of rotatable bonds is 3. The molecular weight excluding hydrogens is 318 g/mol. The molecule has 1 aliphatic carbocycles. The summed E-state index contributed by atoms with van der Waals surface area (Å²) in [5.74, 6) is -0.540. The molecule has 1 aliphatic heterocycles. The summed E-state index contributed by atoms with van der Waals surface area (Å²) in [6.07, 6.45) is 3.54. The molecule has 0 bridgehead atoms. The predicted molar refractivity (Wildman–Crippen MR) is 95.2 cm³/mol. The molecule has 1 saturated heterocycles. The average molecular weight is 343 g/mol. The summed E-state index contributed by atoms with van der Waals surface area (Å²) in [6.45, 7) is 5.63. The zero-order valence-electron chi connectivity index (χ0n) is 15.0. The summed E-state index contributed by atoms with van der Waals surface area (Å²) in [7, 11) is 0. The maximum Gasteiger partial charge on any atom is 0.325 e. The van der Waals surface area contributed by atoms with Crippen molar-refractivity contribution in [3.05, 3.63) is 29.3 Å². The van der Waals surface area contributed by atoms with Gasteiger partial charge in [0.25, 0.3) is 5.91 Å². The number of anilines is 1. The van der Waals surface area contributed by atoms with E-state index in [1.54, 1.807) is 0 Å². The lowest BCUT2D eigenvalue weighted by Crippen LogP contribution is -2.54. The van der Waals surface area contributed by atoms with E-state index in [0.717, 1.165) is 35.3 Å². The van der Waals surface area contributed by atoms with Crippen molar-refractivity contribution in [2.75, 3.05) is 11.9 Å². The van der Waals surface area contributed by atoms with Crippen molar-refractivity contribution >= 4 is 23.5 Å². The molecule has 2 fully saturated rings. The van der Waals surface area contributed by atoms with E-state index in [4.69, 9.17) is 0 Å². The van der Waals surface area contributed by atoms with Crippen LogP contribution < -0.4 is 10.6 Å². The van der Waals surface area contributed by atoms with Gasteiger partial charge in [-0.3, -0.25) is 14.5 Å². The van der Waals surface area contributed by atoms with E-state index in [1.165, 1.54) is 0 Å². The van der Waals surface area contributed by atoms with Crippen LogP contribution in [-0.4, -0.2) is 34.8 Å². The summed E-state index contributed by atoms with van der Waals surface area (Å²) in [6, 6.07) is 5.26. The third-order valence-electron chi connectivity index (χ3n) is 5.46. The van der Waals surface area contributed by atoms with Crippen molar-refractivity contribution in [1.29, 1.82) is 0 Å². The topological polar surface area (TPSA) is 78.5 Å². The highest BCUT2D eigenvalue weighted by Gasteiger charge is 2.55. The average Bonchev–Trinajstić information content (AvgIpc) is 2.78. The molecule has 2 atom stereocenters. The van der Waals surface area contributed by atoms with Gasteiger partial charge in [-0.1, -0.05) is 37.5 Å². The van der Waals surface area contributed by atoms with Crippen molar-refractivity contribution in [3.8, 4) is 0 Å². The number of aryl methyl sites for hydroxylation is 2. The third kappa shape index (κ3) is 3.13. The molecule has 3 rings (SSSR count). The van der Waals surface area contributed by atoms with Gasteiger partial charge in [0.2, 0.25) is 5.91 Å². The molecule has 1 spiro atoms. The molecule has 4 amide bonds. The van der Waals surface area contributed by atoms with E-state index in [-0.39, 0.29) is 24.3 Å². The van der Waals surface area contributed by atoms with Crippen molar-refractivity contribution in [2.45, 2.75) is 52.0 Å². The minimum Gasteiger partial charge on any atom is -0.324 e. The highest BCUT2D eigenvalue weighted by atomic mass is 16.2. The zero-order chi connectivity index (χ0) is 18.2. The molecule has 1 saturated carbocycles. The van der Waals surface area contributed by atoms with E-state index in [9.17, 15) is 14.4 Å². The fourth-order valence-electron chi connectivity index (χ4n) is 3.93. The summed E-state index contributed by atoms with van der Waals surface area (Å²) in [5.41, 5.74) is 1.93. The highest BCUT2D eigenvalue weighted by molar-refractivity contribution is 6.10. The van der Waals surface area contributed by atoms with Crippen LogP contribution >= 0.6 is 0 Å². The number of hydrogen-bond acceptors (Lipinski definition) is 3.